The Morgan fingerprint density at radius 3 is 2.40 bits per heavy atom. The first-order valence-electron chi connectivity index (χ1n) is 10.7. The van der Waals surface area contributed by atoms with Gasteiger partial charge in [-0.1, -0.05) is 32.9 Å². The summed E-state index contributed by atoms with van der Waals surface area (Å²) >= 11 is 0. The van der Waals surface area contributed by atoms with Crippen molar-refractivity contribution in [1.82, 2.24) is 14.5 Å². The van der Waals surface area contributed by atoms with Crippen molar-refractivity contribution >= 4 is 17.0 Å². The lowest BCUT2D eigenvalue weighted by molar-refractivity contribution is 0.0296. The van der Waals surface area contributed by atoms with Gasteiger partial charge in [0.15, 0.2) is 0 Å². The predicted molar refractivity (Wildman–Crippen MR) is 122 cm³/mol. The molecular weight excluding hydrogens is 378 g/mol. The number of unbranched alkanes of at least 4 members (excludes halogenated alkanes) is 1. The van der Waals surface area contributed by atoms with Crippen LogP contribution in [0.3, 0.4) is 0 Å². The number of carbonyl (C=O) groups is 1. The van der Waals surface area contributed by atoms with Crippen LogP contribution in [0.25, 0.3) is 10.9 Å². The van der Waals surface area contributed by atoms with Crippen LogP contribution in [-0.4, -0.2) is 39.7 Å². The molecule has 0 atom stereocenters. The summed E-state index contributed by atoms with van der Waals surface area (Å²) in [6.07, 6.45) is 2.03. The number of fused-ring (bicyclic) bond motifs is 1. The van der Waals surface area contributed by atoms with E-state index in [0.717, 1.165) is 29.7 Å². The van der Waals surface area contributed by atoms with Crippen LogP contribution in [0.2, 0.25) is 0 Å². The van der Waals surface area contributed by atoms with Gasteiger partial charge in [-0.2, -0.15) is 0 Å². The summed E-state index contributed by atoms with van der Waals surface area (Å²) in [4.78, 5) is 31.8. The molecule has 1 heterocycles. The lowest BCUT2D eigenvalue weighted by Crippen LogP contribution is -2.34. The van der Waals surface area contributed by atoms with Crippen LogP contribution in [0.15, 0.2) is 23.0 Å². The standard InChI is InChI=1S/C24H37N3O3/c1-17-12-11-13-18-20(17)21(28)27(16-23(2,3)4)19(25-18)14-9-10-15-26(8)22(29)30-24(5,6)7/h11-13H,9-10,14-16H2,1-8H3. The van der Waals surface area contributed by atoms with Crippen LogP contribution < -0.4 is 5.56 Å². The van der Waals surface area contributed by atoms with Gasteiger partial charge in [-0.15, -0.1) is 0 Å². The molecule has 0 aliphatic carbocycles. The minimum Gasteiger partial charge on any atom is -0.444 e. The van der Waals surface area contributed by atoms with Crippen molar-refractivity contribution in [1.29, 1.82) is 0 Å². The van der Waals surface area contributed by atoms with Crippen molar-refractivity contribution in [2.24, 2.45) is 5.41 Å². The van der Waals surface area contributed by atoms with Crippen molar-refractivity contribution in [2.45, 2.75) is 79.9 Å². The number of hydrogen-bond acceptors (Lipinski definition) is 4. The molecule has 2 aromatic rings. The largest absolute Gasteiger partial charge is 0.444 e. The van der Waals surface area contributed by atoms with Gasteiger partial charge < -0.3 is 9.64 Å². The van der Waals surface area contributed by atoms with Gasteiger partial charge >= 0.3 is 6.09 Å². The zero-order valence-corrected chi connectivity index (χ0v) is 19.8. The summed E-state index contributed by atoms with van der Waals surface area (Å²) < 4.78 is 7.23. The molecule has 0 bridgehead atoms. The molecule has 0 fully saturated rings. The third-order valence-electron chi connectivity index (χ3n) is 4.75. The minimum atomic E-state index is -0.498. The molecule has 0 aliphatic heterocycles. The van der Waals surface area contributed by atoms with Gasteiger partial charge in [-0.25, -0.2) is 9.78 Å². The van der Waals surface area contributed by atoms with E-state index in [1.54, 1.807) is 11.9 Å². The van der Waals surface area contributed by atoms with Crippen LogP contribution in [0.4, 0.5) is 4.79 Å². The SMILES string of the molecule is Cc1cccc2nc(CCCCN(C)C(=O)OC(C)(C)C)n(CC(C)(C)C)c(=O)c12. The highest BCUT2D eigenvalue weighted by Gasteiger charge is 2.20. The van der Waals surface area contributed by atoms with E-state index in [9.17, 15) is 9.59 Å². The third-order valence-corrected chi connectivity index (χ3v) is 4.75. The molecule has 1 aromatic heterocycles. The quantitative estimate of drug-likeness (QED) is 0.627. The van der Waals surface area contributed by atoms with Crippen LogP contribution in [-0.2, 0) is 17.7 Å². The Morgan fingerprint density at radius 1 is 1.13 bits per heavy atom. The van der Waals surface area contributed by atoms with Crippen molar-refractivity contribution < 1.29 is 9.53 Å². The van der Waals surface area contributed by atoms with Crippen LogP contribution in [0.5, 0.6) is 0 Å². The molecule has 0 aliphatic rings. The number of carbonyl (C=O) groups excluding carboxylic acids is 1. The number of hydrogen-bond donors (Lipinski definition) is 0. The highest BCUT2D eigenvalue weighted by atomic mass is 16.6. The van der Waals surface area contributed by atoms with Gasteiger partial charge in [0.25, 0.3) is 5.56 Å². The smallest absolute Gasteiger partial charge is 0.410 e. The van der Waals surface area contributed by atoms with E-state index in [2.05, 4.69) is 20.8 Å². The highest BCUT2D eigenvalue weighted by molar-refractivity contribution is 5.81. The summed E-state index contributed by atoms with van der Waals surface area (Å²) in [5.74, 6) is 0.813. The average Bonchev–Trinajstić information content (AvgIpc) is 2.59. The van der Waals surface area contributed by atoms with Gasteiger partial charge in [0.1, 0.15) is 11.4 Å². The second-order valence-corrected chi connectivity index (χ2v) is 10.3. The Balaban J connectivity index is 2.16. The maximum atomic E-state index is 13.3. The molecule has 0 unspecified atom stereocenters. The normalized spacial score (nSPS) is 12.3. The molecule has 0 N–H and O–H groups in total. The molecule has 6 heteroatoms. The predicted octanol–water partition coefficient (Wildman–Crippen LogP) is 4.94. The summed E-state index contributed by atoms with van der Waals surface area (Å²) in [6.45, 7) is 15.1. The second-order valence-electron chi connectivity index (χ2n) is 10.3. The summed E-state index contributed by atoms with van der Waals surface area (Å²) in [6, 6.07) is 5.81. The van der Waals surface area contributed by atoms with Gasteiger partial charge in [0, 0.05) is 26.6 Å². The number of aryl methyl sites for hydroxylation is 2. The van der Waals surface area contributed by atoms with Crippen molar-refractivity contribution in [3.63, 3.8) is 0 Å². The average molecular weight is 416 g/mol. The number of benzene rings is 1. The molecule has 0 saturated heterocycles. The van der Waals surface area contributed by atoms with Crippen molar-refractivity contribution in [3.8, 4) is 0 Å². The monoisotopic (exact) mass is 415 g/mol. The zero-order valence-electron chi connectivity index (χ0n) is 19.8. The number of aromatic nitrogens is 2. The molecule has 1 amide bonds. The molecule has 0 radical (unpaired) electrons. The van der Waals surface area contributed by atoms with Crippen LogP contribution >= 0.6 is 0 Å². The number of rotatable bonds is 6. The fourth-order valence-electron chi connectivity index (χ4n) is 3.37. The van der Waals surface area contributed by atoms with Crippen molar-refractivity contribution in [2.75, 3.05) is 13.6 Å². The van der Waals surface area contributed by atoms with E-state index < -0.39 is 5.60 Å². The lowest BCUT2D eigenvalue weighted by atomic mass is 9.96. The number of nitrogens with zero attached hydrogens (tertiary/aromatic N) is 3. The zero-order chi connectivity index (χ0) is 22.7. The van der Waals surface area contributed by atoms with E-state index in [-0.39, 0.29) is 17.1 Å². The maximum Gasteiger partial charge on any atom is 0.410 e. The van der Waals surface area contributed by atoms with E-state index in [1.165, 1.54) is 0 Å². The number of ether oxygens (including phenoxy) is 1. The van der Waals surface area contributed by atoms with Crippen LogP contribution in [0.1, 0.15) is 65.8 Å². The van der Waals surface area contributed by atoms with Gasteiger partial charge in [-0.05, 0) is 57.6 Å². The minimum absolute atomic E-state index is 0.0342. The summed E-state index contributed by atoms with van der Waals surface area (Å²) in [5.41, 5.74) is 1.22. The molecule has 0 spiro atoms. The fourth-order valence-corrected chi connectivity index (χ4v) is 3.37. The molecule has 2 rings (SSSR count). The van der Waals surface area contributed by atoms with Gasteiger partial charge in [0.2, 0.25) is 0 Å². The molecular formula is C24H37N3O3. The third kappa shape index (κ3) is 6.57. The molecule has 30 heavy (non-hydrogen) atoms. The Hall–Kier alpha value is -2.37. The molecule has 6 nitrogen and oxygen atoms in total. The molecule has 0 saturated carbocycles. The van der Waals surface area contributed by atoms with Gasteiger partial charge in [-0.3, -0.25) is 9.36 Å². The molecule has 1 aromatic carbocycles. The Labute approximate surface area is 180 Å². The Morgan fingerprint density at radius 2 is 1.80 bits per heavy atom. The van der Waals surface area contributed by atoms with E-state index >= 15 is 0 Å². The summed E-state index contributed by atoms with van der Waals surface area (Å²) in [5, 5.41) is 0.704. The first-order chi connectivity index (χ1) is 13.8. The molecule has 166 valence electrons. The van der Waals surface area contributed by atoms with Crippen molar-refractivity contribution in [3.05, 3.63) is 39.9 Å². The second kappa shape index (κ2) is 9.19. The fraction of sp³-hybridized carbons (Fsp3) is 0.625. The Bertz CT molecular complexity index is 949. The van der Waals surface area contributed by atoms with Gasteiger partial charge in [0.05, 0.1) is 10.9 Å². The van der Waals surface area contributed by atoms with E-state index in [4.69, 9.17) is 9.72 Å². The lowest BCUT2D eigenvalue weighted by Gasteiger charge is -2.25. The Kier molecular flexibility index (Phi) is 7.32. The van der Waals surface area contributed by atoms with Crippen LogP contribution in [0, 0.1) is 12.3 Å². The summed E-state index contributed by atoms with van der Waals surface area (Å²) in [7, 11) is 1.75. The first-order valence-corrected chi connectivity index (χ1v) is 10.7. The number of amides is 1. The maximum absolute atomic E-state index is 13.3. The first kappa shape index (κ1) is 23.9. The topological polar surface area (TPSA) is 64.4 Å². The highest BCUT2D eigenvalue weighted by Crippen LogP contribution is 2.20. The van der Waals surface area contributed by atoms with E-state index in [1.807, 2.05) is 50.5 Å². The van der Waals surface area contributed by atoms with E-state index in [0.29, 0.717) is 24.9 Å².